The molecule has 6 heteroatoms. The molecule has 5 nitrogen and oxygen atoms in total. The molecule has 0 radical (unpaired) electrons. The van der Waals surface area contributed by atoms with Crippen molar-refractivity contribution in [1.29, 1.82) is 0 Å². The molecule has 0 aliphatic heterocycles. The van der Waals surface area contributed by atoms with Gasteiger partial charge in [0.1, 0.15) is 5.58 Å². The van der Waals surface area contributed by atoms with Gasteiger partial charge in [0.05, 0.1) is 10.4 Å². The normalized spacial score (nSPS) is 10.9. The number of benzene rings is 3. The van der Waals surface area contributed by atoms with Crippen molar-refractivity contribution in [1.82, 2.24) is 0 Å². The predicted molar refractivity (Wildman–Crippen MR) is 132 cm³/mol. The first kappa shape index (κ1) is 22.6. The van der Waals surface area contributed by atoms with Gasteiger partial charge in [-0.2, -0.15) is 0 Å². The van der Waals surface area contributed by atoms with E-state index in [1.807, 2.05) is 44.2 Å². The first-order chi connectivity index (χ1) is 15.9. The molecular weight excluding hydrogens is 438 g/mol. The van der Waals surface area contributed by atoms with E-state index in [0.29, 0.717) is 27.2 Å². The third-order valence-electron chi connectivity index (χ3n) is 5.41. The van der Waals surface area contributed by atoms with Crippen LogP contribution in [0.25, 0.3) is 22.3 Å². The van der Waals surface area contributed by atoms with Crippen LogP contribution in [0.2, 0.25) is 5.02 Å². The van der Waals surface area contributed by atoms with E-state index in [0.717, 1.165) is 17.5 Å². The van der Waals surface area contributed by atoms with Crippen LogP contribution in [0, 0.1) is 13.8 Å². The second kappa shape index (κ2) is 9.51. The summed E-state index contributed by atoms with van der Waals surface area (Å²) < 4.78 is 11.9. The third kappa shape index (κ3) is 4.78. The number of hydrogen-bond donors (Lipinski definition) is 1. The number of ether oxygens (including phenoxy) is 1. The summed E-state index contributed by atoms with van der Waals surface area (Å²) in [6.45, 7) is 5.49. The maximum atomic E-state index is 13.4. The summed E-state index contributed by atoms with van der Waals surface area (Å²) in [6.07, 6.45) is 0.916. The molecule has 0 aliphatic carbocycles. The monoisotopic (exact) mass is 461 g/mol. The minimum absolute atomic E-state index is 0.0426. The van der Waals surface area contributed by atoms with Gasteiger partial charge >= 0.3 is 0 Å². The highest BCUT2D eigenvalue weighted by Gasteiger charge is 2.21. The average Bonchev–Trinajstić information content (AvgIpc) is 2.78. The molecule has 0 saturated carbocycles. The van der Waals surface area contributed by atoms with E-state index >= 15 is 0 Å². The number of carbonyl (C=O) groups excluding carboxylic acids is 1. The van der Waals surface area contributed by atoms with Crippen molar-refractivity contribution in [3.05, 3.63) is 92.6 Å². The Morgan fingerprint density at radius 2 is 1.79 bits per heavy atom. The van der Waals surface area contributed by atoms with E-state index in [-0.39, 0.29) is 29.5 Å². The predicted octanol–water partition coefficient (Wildman–Crippen LogP) is 6.31. The fourth-order valence-electron chi connectivity index (χ4n) is 3.79. The Labute approximate surface area is 197 Å². The van der Waals surface area contributed by atoms with Gasteiger partial charge in [-0.05, 0) is 67.3 Å². The highest BCUT2D eigenvalue weighted by molar-refractivity contribution is 6.33. The molecule has 168 valence electrons. The van der Waals surface area contributed by atoms with Crippen LogP contribution in [-0.2, 0) is 11.2 Å². The molecule has 0 unspecified atom stereocenters. The number of aryl methyl sites for hydroxylation is 3. The van der Waals surface area contributed by atoms with E-state index in [9.17, 15) is 9.59 Å². The summed E-state index contributed by atoms with van der Waals surface area (Å²) >= 11 is 6.39. The zero-order valence-corrected chi connectivity index (χ0v) is 19.5. The van der Waals surface area contributed by atoms with E-state index < -0.39 is 0 Å². The number of carbonyl (C=O) groups is 1. The van der Waals surface area contributed by atoms with Crippen molar-refractivity contribution < 1.29 is 13.9 Å². The standard InChI is InChI=1S/C27H24ClNO4/c1-4-18-9-11-19(12-10-18)29-23(30)15-32-27-25(31)24-17(3)13-16(2)14-22(24)33-26(27)20-7-5-6-8-21(20)28/h5-14H,4,15H2,1-3H3,(H,29,30). The topological polar surface area (TPSA) is 68.5 Å². The second-order valence-electron chi connectivity index (χ2n) is 7.91. The van der Waals surface area contributed by atoms with E-state index in [1.165, 1.54) is 5.56 Å². The maximum absolute atomic E-state index is 13.4. The Kier molecular flexibility index (Phi) is 6.52. The fraction of sp³-hybridized carbons (Fsp3) is 0.185. The van der Waals surface area contributed by atoms with Gasteiger partial charge in [-0.3, -0.25) is 9.59 Å². The lowest BCUT2D eigenvalue weighted by Gasteiger charge is -2.14. The first-order valence-corrected chi connectivity index (χ1v) is 11.1. The Hall–Kier alpha value is -3.57. The first-order valence-electron chi connectivity index (χ1n) is 10.7. The van der Waals surface area contributed by atoms with Crippen LogP contribution in [0.5, 0.6) is 5.75 Å². The highest BCUT2D eigenvalue weighted by Crippen LogP contribution is 2.36. The molecule has 1 N–H and O–H groups in total. The number of fused-ring (bicyclic) bond motifs is 1. The number of rotatable bonds is 6. The van der Waals surface area contributed by atoms with Crippen molar-refractivity contribution in [3.63, 3.8) is 0 Å². The van der Waals surface area contributed by atoms with Crippen LogP contribution in [0.15, 0.2) is 69.9 Å². The van der Waals surface area contributed by atoms with E-state index in [1.54, 1.807) is 30.3 Å². The van der Waals surface area contributed by atoms with Crippen LogP contribution in [0.3, 0.4) is 0 Å². The Morgan fingerprint density at radius 3 is 2.48 bits per heavy atom. The van der Waals surface area contributed by atoms with Gasteiger partial charge in [0, 0.05) is 11.3 Å². The molecule has 0 bridgehead atoms. The van der Waals surface area contributed by atoms with Crippen molar-refractivity contribution >= 4 is 34.2 Å². The lowest BCUT2D eigenvalue weighted by Crippen LogP contribution is -2.22. The van der Waals surface area contributed by atoms with Crippen LogP contribution in [0.4, 0.5) is 5.69 Å². The van der Waals surface area contributed by atoms with Gasteiger partial charge in [0.2, 0.25) is 11.2 Å². The second-order valence-corrected chi connectivity index (χ2v) is 8.32. The molecule has 0 saturated heterocycles. The molecule has 1 amide bonds. The van der Waals surface area contributed by atoms with Crippen molar-refractivity contribution in [2.24, 2.45) is 0 Å². The van der Waals surface area contributed by atoms with Gasteiger partial charge in [0.15, 0.2) is 12.4 Å². The molecule has 1 heterocycles. The zero-order valence-electron chi connectivity index (χ0n) is 18.7. The molecule has 4 rings (SSSR count). The summed E-state index contributed by atoms with van der Waals surface area (Å²) in [5.41, 5.74) is 4.19. The summed E-state index contributed by atoms with van der Waals surface area (Å²) in [6, 6.07) is 18.3. The summed E-state index contributed by atoms with van der Waals surface area (Å²) in [5, 5.41) is 3.62. The van der Waals surface area contributed by atoms with Gasteiger partial charge < -0.3 is 14.5 Å². The van der Waals surface area contributed by atoms with Crippen LogP contribution < -0.4 is 15.5 Å². The molecule has 0 fully saturated rings. The third-order valence-corrected chi connectivity index (χ3v) is 5.74. The SMILES string of the molecule is CCc1ccc(NC(=O)COc2c(-c3ccccc3Cl)oc3cc(C)cc(C)c3c2=O)cc1. The van der Waals surface area contributed by atoms with E-state index in [4.69, 9.17) is 20.8 Å². The summed E-state index contributed by atoms with van der Waals surface area (Å²) in [4.78, 5) is 26.0. The Bertz CT molecular complexity index is 1390. The molecule has 0 atom stereocenters. The van der Waals surface area contributed by atoms with Crippen molar-refractivity contribution in [3.8, 4) is 17.1 Å². The van der Waals surface area contributed by atoms with Crippen LogP contribution in [0.1, 0.15) is 23.6 Å². The van der Waals surface area contributed by atoms with Crippen molar-refractivity contribution in [2.75, 3.05) is 11.9 Å². The average molecular weight is 462 g/mol. The van der Waals surface area contributed by atoms with Gasteiger partial charge in [-0.1, -0.05) is 48.9 Å². The van der Waals surface area contributed by atoms with Gasteiger partial charge in [0.25, 0.3) is 5.91 Å². The number of anilines is 1. The Morgan fingerprint density at radius 1 is 1.06 bits per heavy atom. The van der Waals surface area contributed by atoms with Gasteiger partial charge in [-0.25, -0.2) is 0 Å². The summed E-state index contributed by atoms with van der Waals surface area (Å²) in [5.74, 6) is -0.230. The highest BCUT2D eigenvalue weighted by atomic mass is 35.5. The molecule has 4 aromatic rings. The smallest absolute Gasteiger partial charge is 0.262 e. The lowest BCUT2D eigenvalue weighted by molar-refractivity contribution is -0.118. The molecule has 3 aromatic carbocycles. The van der Waals surface area contributed by atoms with Gasteiger partial charge in [-0.15, -0.1) is 0 Å². The molecule has 1 aromatic heterocycles. The summed E-state index contributed by atoms with van der Waals surface area (Å²) in [7, 11) is 0. The maximum Gasteiger partial charge on any atom is 0.262 e. The molecule has 0 spiro atoms. The molecule has 0 aliphatic rings. The van der Waals surface area contributed by atoms with E-state index in [2.05, 4.69) is 12.2 Å². The van der Waals surface area contributed by atoms with Crippen LogP contribution >= 0.6 is 11.6 Å². The number of amides is 1. The molecular formula is C27H24ClNO4. The molecule has 33 heavy (non-hydrogen) atoms. The minimum atomic E-state index is -0.385. The quantitative estimate of drug-likeness (QED) is 0.365. The number of nitrogens with one attached hydrogen (secondary N) is 1. The van der Waals surface area contributed by atoms with Crippen LogP contribution in [-0.4, -0.2) is 12.5 Å². The number of hydrogen-bond acceptors (Lipinski definition) is 4. The minimum Gasteiger partial charge on any atom is -0.476 e. The number of halogens is 1. The fourth-order valence-corrected chi connectivity index (χ4v) is 4.01. The zero-order chi connectivity index (χ0) is 23.5. The Balaban J connectivity index is 1.71. The van der Waals surface area contributed by atoms with Crippen molar-refractivity contribution in [2.45, 2.75) is 27.2 Å². The lowest BCUT2D eigenvalue weighted by atomic mass is 10.0. The largest absolute Gasteiger partial charge is 0.476 e.